The van der Waals surface area contributed by atoms with Gasteiger partial charge in [0.05, 0.1) is 11.8 Å². The second-order valence-corrected chi connectivity index (χ2v) is 11.4. The minimum atomic E-state index is -0.563. The van der Waals surface area contributed by atoms with Gasteiger partial charge in [-0.3, -0.25) is 14.5 Å². The maximum atomic E-state index is 14.0. The lowest BCUT2D eigenvalue weighted by atomic mass is 9.92. The van der Waals surface area contributed by atoms with Crippen molar-refractivity contribution in [1.82, 2.24) is 19.8 Å². The van der Waals surface area contributed by atoms with E-state index in [2.05, 4.69) is 19.8 Å². The molecule has 0 bridgehead atoms. The number of amides is 2. The molecule has 1 saturated heterocycles. The summed E-state index contributed by atoms with van der Waals surface area (Å²) in [5.74, 6) is 0.118. The normalized spacial score (nSPS) is 17.5. The number of aromatic amines is 1. The van der Waals surface area contributed by atoms with Gasteiger partial charge < -0.3 is 25.3 Å². The van der Waals surface area contributed by atoms with E-state index in [-0.39, 0.29) is 23.7 Å². The first-order valence-corrected chi connectivity index (χ1v) is 14.3. The average molecular weight is 571 g/mol. The Kier molecular flexibility index (Phi) is 7.55. The first kappa shape index (κ1) is 27.7. The molecule has 4 heterocycles. The summed E-state index contributed by atoms with van der Waals surface area (Å²) in [6.45, 7) is 8.23. The van der Waals surface area contributed by atoms with E-state index in [0.29, 0.717) is 30.0 Å². The molecule has 1 fully saturated rings. The summed E-state index contributed by atoms with van der Waals surface area (Å²) < 4.78 is 20.1. The molecular formula is C32H35FN6O3. The van der Waals surface area contributed by atoms with Gasteiger partial charge in [0.1, 0.15) is 23.0 Å². The number of H-pyrrole nitrogens is 1. The number of nitrogens with one attached hydrogen (secondary N) is 1. The Morgan fingerprint density at radius 3 is 2.64 bits per heavy atom. The molecule has 9 nitrogen and oxygen atoms in total. The average Bonchev–Trinajstić information content (AvgIpc) is 3.45. The Balaban J connectivity index is 1.15. The maximum absolute atomic E-state index is 14.0. The number of fused-ring (bicyclic) bond motifs is 2. The minimum Gasteiger partial charge on any atom is -0.455 e. The van der Waals surface area contributed by atoms with Gasteiger partial charge in [0.25, 0.3) is 5.91 Å². The summed E-state index contributed by atoms with van der Waals surface area (Å²) in [4.78, 5) is 39.3. The van der Waals surface area contributed by atoms with Crippen molar-refractivity contribution in [3.63, 3.8) is 0 Å². The lowest BCUT2D eigenvalue weighted by Crippen LogP contribution is -2.55. The van der Waals surface area contributed by atoms with E-state index in [4.69, 9.17) is 10.5 Å². The standard InChI is InChI=1S/C32H35FN6O3/c1-20(2)32(41)39-18-22-3-4-24(33)13-23(22)14-26(39)19-37-9-11-38(12-10-37)25-5-6-28(30(34)40)29(16-25)42-27-15-21-7-8-35-31(21)36-17-27/h3-8,13,15-17,20,26H,9-12,14,18-19H2,1-2H3,(H2,34,40)(H,35,36)/t26-/m0/s1. The number of benzene rings is 2. The third-order valence-electron chi connectivity index (χ3n) is 8.22. The third kappa shape index (κ3) is 5.67. The number of ether oxygens (including phenoxy) is 1. The number of pyridine rings is 1. The van der Waals surface area contributed by atoms with Crippen LogP contribution in [0, 0.1) is 11.7 Å². The van der Waals surface area contributed by atoms with E-state index in [1.165, 1.54) is 6.07 Å². The number of carbonyl (C=O) groups is 2. The molecule has 3 N–H and O–H groups in total. The van der Waals surface area contributed by atoms with Crippen LogP contribution in [0.2, 0.25) is 0 Å². The molecule has 218 valence electrons. The Bertz CT molecular complexity index is 1630. The van der Waals surface area contributed by atoms with E-state index >= 15 is 0 Å². The zero-order valence-corrected chi connectivity index (χ0v) is 23.8. The van der Waals surface area contributed by atoms with Gasteiger partial charge >= 0.3 is 0 Å². The predicted molar refractivity (Wildman–Crippen MR) is 159 cm³/mol. The van der Waals surface area contributed by atoms with Crippen LogP contribution in [0.15, 0.2) is 60.9 Å². The quantitative estimate of drug-likeness (QED) is 0.343. The number of hydrogen-bond donors (Lipinski definition) is 2. The van der Waals surface area contributed by atoms with Crippen molar-refractivity contribution >= 4 is 28.5 Å². The highest BCUT2D eigenvalue weighted by molar-refractivity contribution is 5.96. The van der Waals surface area contributed by atoms with Gasteiger partial charge in [-0.1, -0.05) is 19.9 Å². The Hall–Kier alpha value is -4.44. The molecule has 0 unspecified atom stereocenters. The fraction of sp³-hybridized carbons (Fsp3) is 0.344. The predicted octanol–water partition coefficient (Wildman–Crippen LogP) is 4.32. The van der Waals surface area contributed by atoms with Crippen molar-refractivity contribution in [2.45, 2.75) is 32.9 Å². The van der Waals surface area contributed by atoms with Gasteiger partial charge in [-0.15, -0.1) is 0 Å². The van der Waals surface area contributed by atoms with Gasteiger partial charge in [-0.25, -0.2) is 9.37 Å². The van der Waals surface area contributed by atoms with Crippen LogP contribution in [-0.4, -0.2) is 70.3 Å². The molecule has 0 radical (unpaired) electrons. The van der Waals surface area contributed by atoms with Crippen molar-refractivity contribution in [3.05, 3.63) is 83.4 Å². The van der Waals surface area contributed by atoms with E-state index in [1.807, 2.05) is 49.2 Å². The maximum Gasteiger partial charge on any atom is 0.252 e. The monoisotopic (exact) mass is 570 g/mol. The molecule has 42 heavy (non-hydrogen) atoms. The minimum absolute atomic E-state index is 0.0124. The van der Waals surface area contributed by atoms with Crippen LogP contribution in [0.4, 0.5) is 10.1 Å². The second kappa shape index (κ2) is 11.4. The molecule has 2 aromatic heterocycles. The second-order valence-electron chi connectivity index (χ2n) is 11.4. The number of halogens is 1. The first-order chi connectivity index (χ1) is 20.2. The van der Waals surface area contributed by atoms with Crippen LogP contribution in [0.25, 0.3) is 11.0 Å². The van der Waals surface area contributed by atoms with E-state index in [1.54, 1.807) is 24.4 Å². The smallest absolute Gasteiger partial charge is 0.252 e. The summed E-state index contributed by atoms with van der Waals surface area (Å²) in [7, 11) is 0. The van der Waals surface area contributed by atoms with E-state index in [0.717, 1.165) is 60.6 Å². The van der Waals surface area contributed by atoms with Crippen molar-refractivity contribution < 1.29 is 18.7 Å². The zero-order valence-electron chi connectivity index (χ0n) is 23.8. The van der Waals surface area contributed by atoms with Gasteiger partial charge in [-0.2, -0.15) is 0 Å². The largest absolute Gasteiger partial charge is 0.455 e. The summed E-state index contributed by atoms with van der Waals surface area (Å²) >= 11 is 0. The van der Waals surface area contributed by atoms with Crippen LogP contribution in [-0.2, 0) is 17.8 Å². The molecule has 0 spiro atoms. The lowest BCUT2D eigenvalue weighted by Gasteiger charge is -2.43. The highest BCUT2D eigenvalue weighted by Gasteiger charge is 2.33. The molecule has 6 rings (SSSR count). The third-order valence-corrected chi connectivity index (χ3v) is 8.22. The molecule has 0 aliphatic carbocycles. The Morgan fingerprint density at radius 2 is 1.88 bits per heavy atom. The van der Waals surface area contributed by atoms with Crippen LogP contribution >= 0.6 is 0 Å². The molecule has 2 aromatic carbocycles. The fourth-order valence-electron chi connectivity index (χ4n) is 5.95. The molecule has 4 aromatic rings. The number of aromatic nitrogens is 2. The van der Waals surface area contributed by atoms with Gasteiger partial charge in [0.15, 0.2) is 0 Å². The van der Waals surface area contributed by atoms with Crippen molar-refractivity contribution in [2.24, 2.45) is 11.7 Å². The van der Waals surface area contributed by atoms with Crippen LogP contribution < -0.4 is 15.4 Å². The summed E-state index contributed by atoms with van der Waals surface area (Å²) in [6.07, 6.45) is 4.06. The van der Waals surface area contributed by atoms with Gasteiger partial charge in [0.2, 0.25) is 5.91 Å². The molecule has 10 heteroatoms. The number of hydrogen-bond acceptors (Lipinski definition) is 6. The number of nitrogens with two attached hydrogens (primary N) is 1. The van der Waals surface area contributed by atoms with Gasteiger partial charge in [0, 0.05) is 74.6 Å². The van der Waals surface area contributed by atoms with E-state index < -0.39 is 5.91 Å². The number of rotatable bonds is 7. The molecule has 0 saturated carbocycles. The summed E-state index contributed by atoms with van der Waals surface area (Å²) in [5, 5.41) is 0.903. The highest BCUT2D eigenvalue weighted by atomic mass is 19.1. The number of piperazine rings is 1. The summed E-state index contributed by atoms with van der Waals surface area (Å²) in [5.41, 5.74) is 9.66. The van der Waals surface area contributed by atoms with Crippen molar-refractivity contribution in [3.8, 4) is 11.5 Å². The number of primary amides is 1. The number of nitrogens with zero attached hydrogens (tertiary/aromatic N) is 4. The Morgan fingerprint density at radius 1 is 1.07 bits per heavy atom. The Labute approximate surface area is 244 Å². The van der Waals surface area contributed by atoms with E-state index in [9.17, 15) is 14.0 Å². The SMILES string of the molecule is CC(C)C(=O)N1Cc2ccc(F)cc2C[C@H]1CN1CCN(c2ccc(C(N)=O)c(Oc3cnc4[nH]ccc4c3)c2)CC1. The van der Waals surface area contributed by atoms with Crippen LogP contribution in [0.1, 0.15) is 35.3 Å². The van der Waals surface area contributed by atoms with Crippen molar-refractivity contribution in [1.29, 1.82) is 0 Å². The van der Waals surface area contributed by atoms with Crippen LogP contribution in [0.5, 0.6) is 11.5 Å². The zero-order chi connectivity index (χ0) is 29.4. The van der Waals surface area contributed by atoms with Crippen molar-refractivity contribution in [2.75, 3.05) is 37.6 Å². The molecule has 2 aliphatic heterocycles. The molecule has 2 amide bonds. The topological polar surface area (TPSA) is 108 Å². The number of carbonyl (C=O) groups excluding carboxylic acids is 2. The molecular weight excluding hydrogens is 535 g/mol. The van der Waals surface area contributed by atoms with Crippen LogP contribution in [0.3, 0.4) is 0 Å². The lowest BCUT2D eigenvalue weighted by molar-refractivity contribution is -0.138. The highest BCUT2D eigenvalue weighted by Crippen LogP contribution is 2.32. The molecule has 1 atom stereocenters. The fourth-order valence-corrected chi connectivity index (χ4v) is 5.95. The first-order valence-electron chi connectivity index (χ1n) is 14.3. The van der Waals surface area contributed by atoms with Gasteiger partial charge in [-0.05, 0) is 53.9 Å². The number of anilines is 1. The summed E-state index contributed by atoms with van der Waals surface area (Å²) in [6, 6.07) is 14.1. The molecule has 2 aliphatic rings.